The molecule has 2 fully saturated rings. The van der Waals surface area contributed by atoms with Crippen LogP contribution in [0.1, 0.15) is 39.5 Å². The molecule has 4 nitrogen and oxygen atoms in total. The first-order valence-electron chi connectivity index (χ1n) is 5.86. The highest BCUT2D eigenvalue weighted by molar-refractivity contribution is 5.67. The SMILES string of the molecule is CC1(C)OC[C@H](C=C2CCCC2)N1C(=O)O. The van der Waals surface area contributed by atoms with E-state index >= 15 is 0 Å². The molecule has 1 saturated heterocycles. The van der Waals surface area contributed by atoms with Crippen LogP contribution in [0.2, 0.25) is 0 Å². The third kappa shape index (κ3) is 2.07. The molecule has 1 aliphatic carbocycles. The molecule has 1 atom stereocenters. The molecule has 1 aliphatic heterocycles. The molecule has 0 aromatic rings. The number of allylic oxidation sites excluding steroid dienone is 1. The maximum atomic E-state index is 11.2. The lowest BCUT2D eigenvalue weighted by molar-refractivity contribution is -0.0409. The van der Waals surface area contributed by atoms with Crippen LogP contribution < -0.4 is 0 Å². The summed E-state index contributed by atoms with van der Waals surface area (Å²) in [5.41, 5.74) is 0.684. The van der Waals surface area contributed by atoms with E-state index in [0.29, 0.717) is 6.61 Å². The number of carboxylic acid groups (broad SMARTS) is 1. The van der Waals surface area contributed by atoms with E-state index in [2.05, 4.69) is 6.08 Å². The van der Waals surface area contributed by atoms with E-state index in [9.17, 15) is 9.90 Å². The van der Waals surface area contributed by atoms with E-state index in [1.54, 1.807) is 13.8 Å². The largest absolute Gasteiger partial charge is 0.465 e. The topological polar surface area (TPSA) is 49.8 Å². The van der Waals surface area contributed by atoms with Gasteiger partial charge in [0.05, 0.1) is 12.6 Å². The molecule has 4 heteroatoms. The van der Waals surface area contributed by atoms with Crippen molar-refractivity contribution in [3.05, 3.63) is 11.6 Å². The molecule has 0 unspecified atom stereocenters. The van der Waals surface area contributed by atoms with Gasteiger partial charge in [-0.15, -0.1) is 0 Å². The van der Waals surface area contributed by atoms with Crippen molar-refractivity contribution in [2.24, 2.45) is 0 Å². The Bertz CT molecular complexity index is 314. The van der Waals surface area contributed by atoms with Crippen LogP contribution in [0.25, 0.3) is 0 Å². The van der Waals surface area contributed by atoms with Gasteiger partial charge in [0.15, 0.2) is 0 Å². The van der Waals surface area contributed by atoms with Crippen molar-refractivity contribution in [3.8, 4) is 0 Å². The minimum Gasteiger partial charge on any atom is -0.465 e. The third-order valence-electron chi connectivity index (χ3n) is 3.40. The molecule has 0 radical (unpaired) electrons. The van der Waals surface area contributed by atoms with Crippen LogP contribution in [0.15, 0.2) is 11.6 Å². The van der Waals surface area contributed by atoms with Gasteiger partial charge in [0, 0.05) is 0 Å². The van der Waals surface area contributed by atoms with Gasteiger partial charge >= 0.3 is 6.09 Å². The summed E-state index contributed by atoms with van der Waals surface area (Å²) >= 11 is 0. The van der Waals surface area contributed by atoms with Crippen molar-refractivity contribution in [1.29, 1.82) is 0 Å². The molecular weight excluding hydrogens is 206 g/mol. The molecular formula is C12H19NO3. The predicted molar refractivity (Wildman–Crippen MR) is 60.2 cm³/mol. The van der Waals surface area contributed by atoms with Crippen molar-refractivity contribution >= 4 is 6.09 Å². The van der Waals surface area contributed by atoms with Crippen LogP contribution in [-0.2, 0) is 4.74 Å². The minimum absolute atomic E-state index is 0.111. The van der Waals surface area contributed by atoms with Crippen molar-refractivity contribution < 1.29 is 14.6 Å². The van der Waals surface area contributed by atoms with Crippen molar-refractivity contribution in [2.45, 2.75) is 51.3 Å². The van der Waals surface area contributed by atoms with Gasteiger partial charge in [-0.1, -0.05) is 11.6 Å². The van der Waals surface area contributed by atoms with Gasteiger partial charge in [-0.25, -0.2) is 4.79 Å². The molecule has 0 bridgehead atoms. The zero-order valence-corrected chi connectivity index (χ0v) is 9.90. The Kier molecular flexibility index (Phi) is 2.93. The summed E-state index contributed by atoms with van der Waals surface area (Å²) in [6, 6.07) is -0.111. The molecule has 0 aromatic carbocycles. The number of nitrogens with zero attached hydrogens (tertiary/aromatic N) is 1. The molecule has 1 heterocycles. The Hall–Kier alpha value is -1.03. The quantitative estimate of drug-likeness (QED) is 0.698. The van der Waals surface area contributed by atoms with Crippen LogP contribution in [-0.4, -0.2) is 34.5 Å². The summed E-state index contributed by atoms with van der Waals surface area (Å²) in [5, 5.41) is 9.21. The number of hydrogen-bond donors (Lipinski definition) is 1. The summed E-state index contributed by atoms with van der Waals surface area (Å²) < 4.78 is 5.54. The smallest absolute Gasteiger partial charge is 0.410 e. The fraction of sp³-hybridized carbons (Fsp3) is 0.750. The normalized spacial score (nSPS) is 28.5. The Morgan fingerprint density at radius 2 is 2.12 bits per heavy atom. The van der Waals surface area contributed by atoms with Gasteiger partial charge < -0.3 is 9.84 Å². The molecule has 2 rings (SSSR count). The van der Waals surface area contributed by atoms with Crippen molar-refractivity contribution in [3.63, 3.8) is 0 Å². The lowest BCUT2D eigenvalue weighted by Gasteiger charge is -2.30. The Morgan fingerprint density at radius 3 is 2.69 bits per heavy atom. The predicted octanol–water partition coefficient (Wildman–Crippen LogP) is 2.60. The van der Waals surface area contributed by atoms with E-state index in [-0.39, 0.29) is 6.04 Å². The third-order valence-corrected chi connectivity index (χ3v) is 3.40. The van der Waals surface area contributed by atoms with E-state index in [4.69, 9.17) is 4.74 Å². The van der Waals surface area contributed by atoms with Crippen molar-refractivity contribution in [2.75, 3.05) is 6.61 Å². The van der Waals surface area contributed by atoms with Crippen molar-refractivity contribution in [1.82, 2.24) is 4.90 Å². The van der Waals surface area contributed by atoms with Crippen LogP contribution in [0.5, 0.6) is 0 Å². The molecule has 2 aliphatic rings. The van der Waals surface area contributed by atoms with Gasteiger partial charge in [-0.3, -0.25) is 4.90 Å². The molecule has 1 N–H and O–H groups in total. The maximum absolute atomic E-state index is 11.2. The standard InChI is InChI=1S/C12H19NO3/c1-12(2)13(11(14)15)10(8-16-12)7-9-5-3-4-6-9/h7,10H,3-6,8H2,1-2H3,(H,14,15)/t10-/m0/s1. The molecule has 16 heavy (non-hydrogen) atoms. The first-order valence-corrected chi connectivity index (χ1v) is 5.86. The molecule has 90 valence electrons. The van der Waals surface area contributed by atoms with Crippen LogP contribution in [0, 0.1) is 0 Å². The average Bonchev–Trinajstić information content (AvgIpc) is 2.74. The summed E-state index contributed by atoms with van der Waals surface area (Å²) in [7, 11) is 0. The van der Waals surface area contributed by atoms with Crippen LogP contribution >= 0.6 is 0 Å². The Labute approximate surface area is 95.9 Å². The van der Waals surface area contributed by atoms with Gasteiger partial charge in [0.2, 0.25) is 0 Å². The highest BCUT2D eigenvalue weighted by Gasteiger charge is 2.43. The van der Waals surface area contributed by atoms with E-state index in [1.807, 2.05) is 0 Å². The van der Waals surface area contributed by atoms with E-state index in [0.717, 1.165) is 12.8 Å². The lowest BCUT2D eigenvalue weighted by Crippen LogP contribution is -2.46. The van der Waals surface area contributed by atoms with Crippen LogP contribution in [0.3, 0.4) is 0 Å². The summed E-state index contributed by atoms with van der Waals surface area (Å²) in [4.78, 5) is 12.6. The Morgan fingerprint density at radius 1 is 1.50 bits per heavy atom. The number of ether oxygens (including phenoxy) is 1. The molecule has 1 saturated carbocycles. The molecule has 0 spiro atoms. The van der Waals surface area contributed by atoms with Gasteiger partial charge in [0.1, 0.15) is 5.72 Å². The number of carbonyl (C=O) groups is 1. The van der Waals surface area contributed by atoms with Gasteiger partial charge in [-0.2, -0.15) is 0 Å². The first-order chi connectivity index (χ1) is 7.50. The second-order valence-corrected chi connectivity index (χ2v) is 5.01. The monoisotopic (exact) mass is 225 g/mol. The van der Waals surface area contributed by atoms with E-state index in [1.165, 1.54) is 23.3 Å². The second-order valence-electron chi connectivity index (χ2n) is 5.01. The Balaban J connectivity index is 2.15. The zero-order chi connectivity index (χ0) is 11.8. The average molecular weight is 225 g/mol. The fourth-order valence-corrected chi connectivity index (χ4v) is 2.60. The summed E-state index contributed by atoms with van der Waals surface area (Å²) in [6.45, 7) is 4.07. The summed E-state index contributed by atoms with van der Waals surface area (Å²) in [6.07, 6.45) is 5.89. The number of hydrogen-bond acceptors (Lipinski definition) is 2. The highest BCUT2D eigenvalue weighted by atomic mass is 16.5. The number of amides is 1. The highest BCUT2D eigenvalue weighted by Crippen LogP contribution is 2.31. The lowest BCUT2D eigenvalue weighted by atomic mass is 10.1. The zero-order valence-electron chi connectivity index (χ0n) is 9.90. The van der Waals surface area contributed by atoms with Gasteiger partial charge in [-0.05, 0) is 39.5 Å². The number of rotatable bonds is 1. The second kappa shape index (κ2) is 4.09. The fourth-order valence-electron chi connectivity index (χ4n) is 2.60. The summed E-state index contributed by atoms with van der Waals surface area (Å²) in [5.74, 6) is 0. The van der Waals surface area contributed by atoms with E-state index < -0.39 is 11.8 Å². The maximum Gasteiger partial charge on any atom is 0.410 e. The minimum atomic E-state index is -0.901. The molecule has 0 aromatic heterocycles. The molecule has 1 amide bonds. The van der Waals surface area contributed by atoms with Crippen LogP contribution in [0.4, 0.5) is 4.79 Å². The first kappa shape index (κ1) is 11.5. The van der Waals surface area contributed by atoms with Gasteiger partial charge in [0.25, 0.3) is 0 Å².